The second kappa shape index (κ2) is 4.84. The third-order valence-corrected chi connectivity index (χ3v) is 4.15. The molecule has 1 aliphatic heterocycles. The topological polar surface area (TPSA) is 46.5 Å². The standard InChI is InChI=1S/C13H22O3/c1-10-2-6-13(15,7-3-10)12(14)11-4-8-16-9-5-11/h10-11,15H,2-9H2,1H3. The van der Waals surface area contributed by atoms with Crippen LogP contribution in [0.25, 0.3) is 0 Å². The van der Waals surface area contributed by atoms with Crippen LogP contribution in [0.4, 0.5) is 0 Å². The number of carbonyl (C=O) groups is 1. The van der Waals surface area contributed by atoms with Gasteiger partial charge < -0.3 is 9.84 Å². The first kappa shape index (κ1) is 12.1. The molecular weight excluding hydrogens is 204 g/mol. The van der Waals surface area contributed by atoms with Crippen molar-refractivity contribution in [3.63, 3.8) is 0 Å². The Morgan fingerprint density at radius 1 is 1.19 bits per heavy atom. The van der Waals surface area contributed by atoms with Crippen molar-refractivity contribution in [3.8, 4) is 0 Å². The SMILES string of the molecule is CC1CCC(O)(C(=O)C2CCOCC2)CC1. The summed E-state index contributed by atoms with van der Waals surface area (Å²) in [6, 6.07) is 0. The highest BCUT2D eigenvalue weighted by molar-refractivity contribution is 5.89. The molecule has 0 spiro atoms. The maximum absolute atomic E-state index is 12.3. The highest BCUT2D eigenvalue weighted by atomic mass is 16.5. The highest BCUT2D eigenvalue weighted by Crippen LogP contribution is 2.35. The minimum Gasteiger partial charge on any atom is -0.382 e. The van der Waals surface area contributed by atoms with Crippen LogP contribution in [0.15, 0.2) is 0 Å². The minimum atomic E-state index is -1.02. The van der Waals surface area contributed by atoms with E-state index in [0.717, 1.165) is 25.7 Å². The molecule has 3 nitrogen and oxygen atoms in total. The summed E-state index contributed by atoms with van der Waals surface area (Å²) in [5.41, 5.74) is -1.02. The monoisotopic (exact) mass is 226 g/mol. The molecule has 1 saturated heterocycles. The number of ether oxygens (including phenoxy) is 1. The summed E-state index contributed by atoms with van der Waals surface area (Å²) in [4.78, 5) is 12.3. The van der Waals surface area contributed by atoms with E-state index in [-0.39, 0.29) is 11.7 Å². The van der Waals surface area contributed by atoms with E-state index >= 15 is 0 Å². The molecule has 0 atom stereocenters. The number of aliphatic hydroxyl groups is 1. The highest BCUT2D eigenvalue weighted by Gasteiger charge is 2.42. The third kappa shape index (κ3) is 2.46. The fraction of sp³-hybridized carbons (Fsp3) is 0.923. The Kier molecular flexibility index (Phi) is 3.65. The van der Waals surface area contributed by atoms with E-state index in [1.165, 1.54) is 0 Å². The van der Waals surface area contributed by atoms with E-state index in [1.54, 1.807) is 0 Å². The van der Waals surface area contributed by atoms with Crippen molar-refractivity contribution in [2.45, 2.75) is 51.0 Å². The summed E-state index contributed by atoms with van der Waals surface area (Å²) in [7, 11) is 0. The number of hydrogen-bond acceptors (Lipinski definition) is 3. The zero-order chi connectivity index (χ0) is 11.6. The van der Waals surface area contributed by atoms with Gasteiger partial charge in [-0.1, -0.05) is 6.92 Å². The molecular formula is C13H22O3. The maximum Gasteiger partial charge on any atom is 0.167 e. The summed E-state index contributed by atoms with van der Waals surface area (Å²) < 4.78 is 5.25. The summed E-state index contributed by atoms with van der Waals surface area (Å²) in [5.74, 6) is 0.776. The third-order valence-electron chi connectivity index (χ3n) is 4.15. The average Bonchev–Trinajstić information content (AvgIpc) is 2.33. The van der Waals surface area contributed by atoms with Crippen LogP contribution < -0.4 is 0 Å². The van der Waals surface area contributed by atoms with Gasteiger partial charge in [0, 0.05) is 19.1 Å². The summed E-state index contributed by atoms with van der Waals surface area (Å²) in [6.45, 7) is 3.53. The molecule has 2 fully saturated rings. The molecule has 1 aliphatic carbocycles. The molecule has 0 bridgehead atoms. The Balaban J connectivity index is 1.96. The first-order valence-corrected chi connectivity index (χ1v) is 6.46. The first-order valence-electron chi connectivity index (χ1n) is 6.46. The largest absolute Gasteiger partial charge is 0.382 e. The van der Waals surface area contributed by atoms with Gasteiger partial charge in [-0.15, -0.1) is 0 Å². The summed E-state index contributed by atoms with van der Waals surface area (Å²) in [6.07, 6.45) is 4.85. The van der Waals surface area contributed by atoms with E-state index in [2.05, 4.69) is 6.92 Å². The van der Waals surface area contributed by atoms with Gasteiger partial charge in [-0.25, -0.2) is 0 Å². The molecule has 0 aromatic rings. The van der Waals surface area contributed by atoms with E-state index < -0.39 is 5.60 Å². The molecule has 0 aromatic heterocycles. The van der Waals surface area contributed by atoms with Crippen LogP contribution in [0.3, 0.4) is 0 Å². The lowest BCUT2D eigenvalue weighted by molar-refractivity contribution is -0.148. The molecule has 2 aliphatic rings. The van der Waals surface area contributed by atoms with Crippen LogP contribution in [0.5, 0.6) is 0 Å². The van der Waals surface area contributed by atoms with E-state index in [0.29, 0.717) is 32.0 Å². The Labute approximate surface area is 97.2 Å². The van der Waals surface area contributed by atoms with Crippen molar-refractivity contribution in [2.75, 3.05) is 13.2 Å². The quantitative estimate of drug-likeness (QED) is 0.782. The van der Waals surface area contributed by atoms with Crippen molar-refractivity contribution in [3.05, 3.63) is 0 Å². The molecule has 1 heterocycles. The van der Waals surface area contributed by atoms with Crippen molar-refractivity contribution < 1.29 is 14.6 Å². The molecule has 0 radical (unpaired) electrons. The number of ketones is 1. The van der Waals surface area contributed by atoms with Crippen LogP contribution >= 0.6 is 0 Å². The normalized spacial score (nSPS) is 37.2. The predicted octanol–water partition coefficient (Wildman–Crippen LogP) is 1.92. The van der Waals surface area contributed by atoms with Gasteiger partial charge in [0.15, 0.2) is 5.78 Å². The molecule has 1 saturated carbocycles. The van der Waals surface area contributed by atoms with Gasteiger partial charge in [0.25, 0.3) is 0 Å². The van der Waals surface area contributed by atoms with Gasteiger partial charge in [0.2, 0.25) is 0 Å². The molecule has 2 rings (SSSR count). The Morgan fingerprint density at radius 3 is 2.31 bits per heavy atom. The molecule has 92 valence electrons. The lowest BCUT2D eigenvalue weighted by Gasteiger charge is -2.36. The number of hydrogen-bond donors (Lipinski definition) is 1. The summed E-state index contributed by atoms with van der Waals surface area (Å²) >= 11 is 0. The van der Waals surface area contributed by atoms with Crippen molar-refractivity contribution >= 4 is 5.78 Å². The van der Waals surface area contributed by atoms with Gasteiger partial charge in [-0.2, -0.15) is 0 Å². The van der Waals surface area contributed by atoms with Crippen LogP contribution in [0.1, 0.15) is 45.4 Å². The van der Waals surface area contributed by atoms with Gasteiger partial charge in [0.1, 0.15) is 5.60 Å². The van der Waals surface area contributed by atoms with Crippen LogP contribution in [0, 0.1) is 11.8 Å². The molecule has 0 aromatic carbocycles. The molecule has 3 heteroatoms. The number of carbonyl (C=O) groups excluding carboxylic acids is 1. The van der Waals surface area contributed by atoms with Crippen molar-refractivity contribution in [1.29, 1.82) is 0 Å². The second-order valence-corrected chi connectivity index (χ2v) is 5.47. The zero-order valence-electron chi connectivity index (χ0n) is 10.1. The maximum atomic E-state index is 12.3. The lowest BCUT2D eigenvalue weighted by Crippen LogP contribution is -2.46. The van der Waals surface area contributed by atoms with Crippen LogP contribution in [-0.2, 0) is 9.53 Å². The van der Waals surface area contributed by atoms with Gasteiger partial charge in [-0.3, -0.25) is 4.79 Å². The van der Waals surface area contributed by atoms with Crippen molar-refractivity contribution in [1.82, 2.24) is 0 Å². The molecule has 16 heavy (non-hydrogen) atoms. The number of Topliss-reactive ketones (excluding diaryl/α,β-unsaturated/α-hetero) is 1. The van der Waals surface area contributed by atoms with E-state index in [9.17, 15) is 9.90 Å². The molecule has 1 N–H and O–H groups in total. The molecule has 0 amide bonds. The second-order valence-electron chi connectivity index (χ2n) is 5.47. The predicted molar refractivity (Wildman–Crippen MR) is 61.1 cm³/mol. The average molecular weight is 226 g/mol. The van der Waals surface area contributed by atoms with Crippen LogP contribution in [-0.4, -0.2) is 29.7 Å². The lowest BCUT2D eigenvalue weighted by atomic mass is 9.73. The van der Waals surface area contributed by atoms with E-state index in [1.807, 2.05) is 0 Å². The Morgan fingerprint density at radius 2 is 1.75 bits per heavy atom. The fourth-order valence-corrected chi connectivity index (χ4v) is 2.83. The van der Waals surface area contributed by atoms with Gasteiger partial charge >= 0.3 is 0 Å². The number of rotatable bonds is 2. The Bertz CT molecular complexity index is 248. The fourth-order valence-electron chi connectivity index (χ4n) is 2.83. The smallest absolute Gasteiger partial charge is 0.167 e. The molecule has 0 unspecified atom stereocenters. The van der Waals surface area contributed by atoms with Gasteiger partial charge in [0.05, 0.1) is 0 Å². The minimum absolute atomic E-state index is 0.0344. The zero-order valence-corrected chi connectivity index (χ0v) is 10.1. The van der Waals surface area contributed by atoms with Gasteiger partial charge in [-0.05, 0) is 44.4 Å². The van der Waals surface area contributed by atoms with Crippen LogP contribution in [0.2, 0.25) is 0 Å². The Hall–Kier alpha value is -0.410. The summed E-state index contributed by atoms with van der Waals surface area (Å²) in [5, 5.41) is 10.4. The first-order chi connectivity index (χ1) is 7.62. The van der Waals surface area contributed by atoms with E-state index in [4.69, 9.17) is 4.74 Å². The van der Waals surface area contributed by atoms with Crippen molar-refractivity contribution in [2.24, 2.45) is 11.8 Å².